The number of carbonyl (C=O) groups is 1. The lowest BCUT2D eigenvalue weighted by atomic mass is 10.2. The predicted octanol–water partition coefficient (Wildman–Crippen LogP) is 2.97. The molecule has 20 heavy (non-hydrogen) atoms. The van der Waals surface area contributed by atoms with Crippen molar-refractivity contribution in [1.29, 1.82) is 0 Å². The van der Waals surface area contributed by atoms with E-state index >= 15 is 0 Å². The molecule has 0 aromatic rings. The molecule has 0 aliphatic heterocycles. The van der Waals surface area contributed by atoms with Gasteiger partial charge in [0.2, 0.25) is 8.32 Å². The van der Waals surface area contributed by atoms with E-state index in [2.05, 4.69) is 68.9 Å². The summed E-state index contributed by atoms with van der Waals surface area (Å²) in [6, 6.07) is -0.169. The smallest absolute Gasteiger partial charge is 0.309 e. The molecule has 0 bridgehead atoms. The summed E-state index contributed by atoms with van der Waals surface area (Å²) in [5.74, 6) is -0.0658. The molecule has 4 nitrogen and oxygen atoms in total. The maximum Gasteiger partial charge on any atom is 0.309 e. The summed E-state index contributed by atoms with van der Waals surface area (Å²) in [6.07, 6.45) is 0.803. The Balaban J connectivity index is 4.61. The van der Waals surface area contributed by atoms with Crippen molar-refractivity contribution in [2.45, 2.75) is 71.4 Å². The molecule has 2 N–H and O–H groups in total. The molecule has 0 saturated carbocycles. The minimum atomic E-state index is -1.82. The lowest BCUT2D eigenvalue weighted by Gasteiger charge is -2.29. The van der Waals surface area contributed by atoms with Gasteiger partial charge in [0.15, 0.2) is 0 Å². The van der Waals surface area contributed by atoms with Gasteiger partial charge in [0.25, 0.3) is 0 Å². The fourth-order valence-corrected chi connectivity index (χ4v) is 4.68. The Bertz CT molecular complexity index is 317. The third-order valence-corrected chi connectivity index (χ3v) is 5.73. The fourth-order valence-electron chi connectivity index (χ4n) is 1.74. The van der Waals surface area contributed by atoms with E-state index in [1.54, 1.807) is 0 Å². The number of hydrogen-bond acceptors (Lipinski definition) is 4. The van der Waals surface area contributed by atoms with Crippen LogP contribution in [0.5, 0.6) is 0 Å². The molecule has 1 atom stereocenters. The van der Waals surface area contributed by atoms with Crippen LogP contribution in [-0.4, -0.2) is 43.3 Å². The summed E-state index contributed by atoms with van der Waals surface area (Å²) in [4.78, 5) is 19.4. The van der Waals surface area contributed by atoms with E-state index in [0.29, 0.717) is 0 Å². The third kappa shape index (κ3) is 11.8. The lowest BCUT2D eigenvalue weighted by molar-refractivity contribution is -0.137. The fraction of sp³-hybridized carbons (Fsp3) is 0.923. The molecular weight excluding hydrogens is 300 g/mol. The highest BCUT2D eigenvalue weighted by Gasteiger charge is 2.30. The van der Waals surface area contributed by atoms with Gasteiger partial charge in [0.05, 0.1) is 6.04 Å². The van der Waals surface area contributed by atoms with Crippen molar-refractivity contribution in [3.63, 3.8) is 0 Å². The molecule has 0 aromatic heterocycles. The van der Waals surface area contributed by atoms with Crippen molar-refractivity contribution in [3.05, 3.63) is 0 Å². The Kier molecular flexibility index (Phi) is 7.36. The van der Waals surface area contributed by atoms with E-state index in [1.807, 2.05) is 0 Å². The van der Waals surface area contributed by atoms with E-state index < -0.39 is 24.8 Å². The number of nitrogens with one attached hydrogen (secondary N) is 2. The highest BCUT2D eigenvalue weighted by Crippen LogP contribution is 2.09. The third-order valence-electron chi connectivity index (χ3n) is 2.39. The Morgan fingerprint density at radius 1 is 0.950 bits per heavy atom. The second kappa shape index (κ2) is 7.35. The molecule has 120 valence electrons. The van der Waals surface area contributed by atoms with Crippen LogP contribution in [0.2, 0.25) is 58.9 Å². The summed E-state index contributed by atoms with van der Waals surface area (Å²) in [5, 5.41) is 0. The van der Waals surface area contributed by atoms with Crippen LogP contribution >= 0.6 is 0 Å². The molecule has 0 spiro atoms. The largest absolute Gasteiger partial charge is 0.519 e. The minimum absolute atomic E-state index is 0.0658. The van der Waals surface area contributed by atoms with Crippen LogP contribution in [0, 0.1) is 0 Å². The summed E-state index contributed by atoms with van der Waals surface area (Å²) >= 11 is 0. The average Bonchev–Trinajstić information content (AvgIpc) is 2.09. The molecule has 0 fully saturated rings. The Morgan fingerprint density at radius 2 is 1.45 bits per heavy atom. The van der Waals surface area contributed by atoms with Crippen molar-refractivity contribution in [2.75, 3.05) is 6.54 Å². The van der Waals surface area contributed by atoms with E-state index in [4.69, 9.17) is 4.43 Å². The van der Waals surface area contributed by atoms with Gasteiger partial charge in [-0.25, -0.2) is 0 Å². The van der Waals surface area contributed by atoms with Gasteiger partial charge in [-0.2, -0.15) is 0 Å². The van der Waals surface area contributed by atoms with Gasteiger partial charge in [-0.05, 0) is 32.6 Å². The number of hydrogen-bond donors (Lipinski definition) is 2. The van der Waals surface area contributed by atoms with Gasteiger partial charge in [-0.15, -0.1) is 0 Å². The Labute approximate surface area is 128 Å². The first kappa shape index (κ1) is 20.0. The van der Waals surface area contributed by atoms with Crippen LogP contribution in [0.4, 0.5) is 0 Å². The second-order valence-electron chi connectivity index (χ2n) is 8.45. The van der Waals surface area contributed by atoms with E-state index in [-0.39, 0.29) is 12.0 Å². The second-order valence-corrected chi connectivity index (χ2v) is 22.5. The Hall–Kier alpha value is 0.0406. The van der Waals surface area contributed by atoms with Gasteiger partial charge >= 0.3 is 5.97 Å². The quantitative estimate of drug-likeness (QED) is 0.670. The van der Waals surface area contributed by atoms with Gasteiger partial charge in [-0.1, -0.05) is 39.3 Å². The topological polar surface area (TPSA) is 50.4 Å². The van der Waals surface area contributed by atoms with Gasteiger partial charge in [0, 0.05) is 0 Å². The van der Waals surface area contributed by atoms with Crippen LogP contribution in [0.15, 0.2) is 0 Å². The van der Waals surface area contributed by atoms with Crippen LogP contribution < -0.4 is 9.96 Å². The summed E-state index contributed by atoms with van der Waals surface area (Å²) in [7, 11) is -4.60. The van der Waals surface area contributed by atoms with Crippen LogP contribution in [0.25, 0.3) is 0 Å². The Morgan fingerprint density at radius 3 is 1.80 bits per heavy atom. The van der Waals surface area contributed by atoms with E-state index in [0.717, 1.165) is 13.0 Å². The first-order chi connectivity index (χ1) is 8.70. The zero-order chi connectivity index (χ0) is 16.2. The van der Waals surface area contributed by atoms with E-state index in [1.165, 1.54) is 0 Å². The molecule has 0 aliphatic rings. The summed E-state index contributed by atoms with van der Waals surface area (Å²) in [6.45, 7) is 20.5. The zero-order valence-electron chi connectivity index (χ0n) is 14.8. The maximum atomic E-state index is 12.3. The normalized spacial score (nSPS) is 15.1. The number of carbonyl (C=O) groups excluding carboxylic acids is 1. The first-order valence-electron chi connectivity index (χ1n) is 7.45. The molecule has 0 saturated heterocycles. The monoisotopic (exact) mass is 334 g/mol. The lowest BCUT2D eigenvalue weighted by Crippen LogP contribution is -2.54. The molecule has 0 radical (unpaired) electrons. The first-order valence-corrected chi connectivity index (χ1v) is 17.9. The van der Waals surface area contributed by atoms with Crippen LogP contribution in [0.1, 0.15) is 6.42 Å². The van der Waals surface area contributed by atoms with Gasteiger partial charge in [0.1, 0.15) is 16.5 Å². The van der Waals surface area contributed by atoms with Crippen LogP contribution in [-0.2, 0) is 9.22 Å². The van der Waals surface area contributed by atoms with Gasteiger partial charge in [-0.3, -0.25) is 4.79 Å². The summed E-state index contributed by atoms with van der Waals surface area (Å²) < 4.78 is 5.67. The van der Waals surface area contributed by atoms with Gasteiger partial charge < -0.3 is 14.4 Å². The van der Waals surface area contributed by atoms with Crippen molar-refractivity contribution in [3.8, 4) is 0 Å². The van der Waals surface area contributed by atoms with Crippen molar-refractivity contribution < 1.29 is 9.22 Å². The standard InChI is InChI=1S/C13H34N2O2Si3/c1-18(2,3)14-11-10-12(15-19(4,5)6)13(16)17-20(7,8)9/h12,14-15H,10-11H2,1-9H3. The molecule has 7 heteroatoms. The molecule has 0 heterocycles. The zero-order valence-corrected chi connectivity index (χ0v) is 17.8. The molecule has 1 unspecified atom stereocenters. The SMILES string of the molecule is C[Si](C)(C)NCCC(N[Si](C)(C)C)C(=O)O[Si](C)(C)C. The molecular formula is C13H34N2O2Si3. The maximum absolute atomic E-state index is 12.3. The minimum Gasteiger partial charge on any atom is -0.519 e. The van der Waals surface area contributed by atoms with Crippen molar-refractivity contribution >= 4 is 30.8 Å². The van der Waals surface area contributed by atoms with Crippen LogP contribution in [0.3, 0.4) is 0 Å². The molecule has 0 aliphatic carbocycles. The van der Waals surface area contributed by atoms with E-state index in [9.17, 15) is 4.79 Å². The van der Waals surface area contributed by atoms with Crippen molar-refractivity contribution in [1.82, 2.24) is 9.96 Å². The molecule has 0 rings (SSSR count). The highest BCUT2D eigenvalue weighted by atomic mass is 28.4. The molecule has 0 amide bonds. The highest BCUT2D eigenvalue weighted by molar-refractivity contribution is 6.74. The molecule has 0 aromatic carbocycles. The summed E-state index contributed by atoms with van der Waals surface area (Å²) in [5.41, 5.74) is 0. The number of rotatable bonds is 8. The predicted molar refractivity (Wildman–Crippen MR) is 95.7 cm³/mol. The van der Waals surface area contributed by atoms with Crippen molar-refractivity contribution in [2.24, 2.45) is 0 Å². The average molecular weight is 335 g/mol.